The Morgan fingerprint density at radius 3 is 1.42 bits per heavy atom. The Labute approximate surface area is 160 Å². The predicted molar refractivity (Wildman–Crippen MR) is 115 cm³/mol. The van der Waals surface area contributed by atoms with Crippen LogP contribution in [0.2, 0.25) is 0 Å². The molecular weight excluding hydrogens is 359 g/mol. The van der Waals surface area contributed by atoms with Crippen molar-refractivity contribution in [2.75, 3.05) is 6.61 Å². The van der Waals surface area contributed by atoms with Crippen molar-refractivity contribution in [3.63, 3.8) is 0 Å². The van der Waals surface area contributed by atoms with E-state index in [1.165, 1.54) is 15.9 Å². The number of ether oxygens (including phenoxy) is 1. The summed E-state index contributed by atoms with van der Waals surface area (Å²) in [6, 6.07) is 31.8. The molecule has 1 heterocycles. The van der Waals surface area contributed by atoms with Gasteiger partial charge in [-0.2, -0.15) is 0 Å². The van der Waals surface area contributed by atoms with Crippen molar-refractivity contribution in [1.82, 2.24) is 0 Å². The minimum atomic E-state index is -3.29. The van der Waals surface area contributed by atoms with Crippen LogP contribution < -0.4 is 15.9 Å². The van der Waals surface area contributed by atoms with E-state index in [-0.39, 0.29) is 5.85 Å². The van der Waals surface area contributed by atoms with E-state index in [0.717, 1.165) is 25.9 Å². The Kier molecular flexibility index (Phi) is 4.88. The molecule has 1 nitrogen and oxygen atoms in total. The molecule has 1 saturated heterocycles. The predicted octanol–water partition coefficient (Wildman–Crippen LogP) is 5.20. The van der Waals surface area contributed by atoms with Gasteiger partial charge in [0, 0.05) is 0 Å². The molecule has 134 valence electrons. The van der Waals surface area contributed by atoms with Crippen molar-refractivity contribution in [3.05, 3.63) is 91.0 Å². The summed E-state index contributed by atoms with van der Waals surface area (Å²) in [4.78, 5) is 0. The second kappa shape index (κ2) is 7.16. The maximum absolute atomic E-state index is 8.06. The van der Waals surface area contributed by atoms with E-state index in [0.29, 0.717) is 0 Å². The molecule has 3 aromatic rings. The summed E-state index contributed by atoms with van der Waals surface area (Å²) in [5.74, 6) is -3.30. The number of hydrogen-bond donors (Lipinski definition) is 0. The molecule has 0 amide bonds. The van der Waals surface area contributed by atoms with Crippen LogP contribution >= 0.6 is 17.2 Å². The van der Waals surface area contributed by atoms with Gasteiger partial charge in [-0.3, -0.25) is 0 Å². The molecule has 1 fully saturated rings. The molecule has 3 heteroatoms. The van der Waals surface area contributed by atoms with E-state index < -0.39 is 5.96 Å². The summed E-state index contributed by atoms with van der Waals surface area (Å²) in [6.07, 6.45) is 3.25. The summed E-state index contributed by atoms with van der Waals surface area (Å²) >= 11 is 8.06. The van der Waals surface area contributed by atoms with Crippen molar-refractivity contribution in [2.24, 2.45) is 0 Å². The Bertz CT molecular complexity index is 746. The van der Waals surface area contributed by atoms with Crippen LogP contribution in [-0.2, 0) is 4.74 Å². The molecule has 0 saturated carbocycles. The monoisotopic (exact) mass is 382 g/mol. The fraction of sp³-hybridized carbons (Fsp3) is 0.217. The molecule has 1 aliphatic rings. The van der Waals surface area contributed by atoms with Gasteiger partial charge in [0.2, 0.25) is 0 Å². The normalized spacial score (nSPS) is 19.4. The van der Waals surface area contributed by atoms with Crippen molar-refractivity contribution in [2.45, 2.75) is 25.1 Å². The molecule has 0 aliphatic carbocycles. The zero-order chi connectivity index (χ0) is 17.9. The van der Waals surface area contributed by atoms with Gasteiger partial charge < -0.3 is 0 Å². The zero-order valence-corrected chi connectivity index (χ0v) is 16.4. The van der Waals surface area contributed by atoms with Crippen molar-refractivity contribution < 1.29 is 4.74 Å². The quantitative estimate of drug-likeness (QED) is 0.564. The first-order valence-electron chi connectivity index (χ1n) is 9.26. The van der Waals surface area contributed by atoms with E-state index in [1.807, 2.05) is 0 Å². The molecule has 0 bridgehead atoms. The van der Waals surface area contributed by atoms with Crippen LogP contribution in [0, 0.1) is 0 Å². The van der Waals surface area contributed by atoms with Crippen molar-refractivity contribution in [1.29, 1.82) is 0 Å². The first-order chi connectivity index (χ1) is 12.7. The van der Waals surface area contributed by atoms with Gasteiger partial charge >= 0.3 is 161 Å². The van der Waals surface area contributed by atoms with Gasteiger partial charge in [0.05, 0.1) is 0 Å². The molecule has 0 radical (unpaired) electrons. The fourth-order valence-electron chi connectivity index (χ4n) is 4.21. The Hall–Kier alpha value is -1.66. The number of halogens is 1. The van der Waals surface area contributed by atoms with Gasteiger partial charge in [-0.1, -0.05) is 0 Å². The first-order valence-corrected chi connectivity index (χ1v) is 12.5. The summed E-state index contributed by atoms with van der Waals surface area (Å²) < 4.78 is 6.44. The van der Waals surface area contributed by atoms with Crippen LogP contribution in [0.4, 0.5) is 0 Å². The molecule has 4 rings (SSSR count). The van der Waals surface area contributed by atoms with Gasteiger partial charge in [0.25, 0.3) is 0 Å². The molecule has 1 atom stereocenters. The van der Waals surface area contributed by atoms with E-state index >= 15 is 0 Å². The standard InChI is InChI=1S/C23H24ClOP/c24-26(20-12-4-1-5-13-20,21-14-6-2-7-15-21,22-16-8-3-9-17-22)23-18-10-11-19-25-23/h1-9,12-17,23H,10-11,18-19H2. The summed E-state index contributed by atoms with van der Waals surface area (Å²) in [7, 11) is 0. The molecule has 1 unspecified atom stereocenters. The van der Waals surface area contributed by atoms with E-state index in [2.05, 4.69) is 91.0 Å². The number of rotatable bonds is 4. The second-order valence-corrected chi connectivity index (χ2v) is 13.3. The second-order valence-electron chi connectivity index (χ2n) is 6.90. The van der Waals surface area contributed by atoms with Gasteiger partial charge in [0.15, 0.2) is 0 Å². The summed E-state index contributed by atoms with van der Waals surface area (Å²) in [5.41, 5.74) is 0. The third kappa shape index (κ3) is 2.62. The average molecular weight is 383 g/mol. The maximum atomic E-state index is 8.06. The Morgan fingerprint density at radius 1 is 0.654 bits per heavy atom. The molecule has 3 aromatic carbocycles. The molecule has 0 N–H and O–H groups in total. The minimum absolute atomic E-state index is 0.0105. The third-order valence-electron chi connectivity index (χ3n) is 5.48. The zero-order valence-electron chi connectivity index (χ0n) is 14.8. The van der Waals surface area contributed by atoms with Crippen LogP contribution in [0.25, 0.3) is 0 Å². The van der Waals surface area contributed by atoms with Gasteiger partial charge in [-0.25, -0.2) is 0 Å². The Morgan fingerprint density at radius 2 is 1.08 bits per heavy atom. The van der Waals surface area contributed by atoms with Crippen LogP contribution in [-0.4, -0.2) is 12.5 Å². The Balaban J connectivity index is 2.10. The summed E-state index contributed by atoms with van der Waals surface area (Å²) in [6.45, 7) is 0.780. The van der Waals surface area contributed by atoms with Gasteiger partial charge in [-0.15, -0.1) is 0 Å². The van der Waals surface area contributed by atoms with Crippen molar-refractivity contribution in [3.8, 4) is 0 Å². The SMILES string of the molecule is ClP(c1ccccc1)(c1ccccc1)(c1ccccc1)C1CCCCO1. The topological polar surface area (TPSA) is 9.23 Å². The van der Waals surface area contributed by atoms with Gasteiger partial charge in [-0.05, 0) is 0 Å². The molecule has 26 heavy (non-hydrogen) atoms. The molecule has 0 spiro atoms. The number of benzene rings is 3. The molecular formula is C23H24ClOP. The third-order valence-corrected chi connectivity index (χ3v) is 13.3. The van der Waals surface area contributed by atoms with E-state index in [9.17, 15) is 0 Å². The fourth-order valence-corrected chi connectivity index (χ4v) is 10.9. The van der Waals surface area contributed by atoms with E-state index in [4.69, 9.17) is 16.0 Å². The van der Waals surface area contributed by atoms with Crippen LogP contribution in [0.15, 0.2) is 91.0 Å². The average Bonchev–Trinajstić information content (AvgIpc) is 2.76. The summed E-state index contributed by atoms with van der Waals surface area (Å²) in [5, 5.41) is 3.55. The molecule has 1 aliphatic heterocycles. The number of hydrogen-bond acceptors (Lipinski definition) is 1. The first kappa shape index (κ1) is 17.7. The van der Waals surface area contributed by atoms with E-state index in [1.54, 1.807) is 0 Å². The van der Waals surface area contributed by atoms with Crippen LogP contribution in [0.1, 0.15) is 19.3 Å². The molecule has 0 aromatic heterocycles. The van der Waals surface area contributed by atoms with Gasteiger partial charge in [0.1, 0.15) is 0 Å². The van der Waals surface area contributed by atoms with Crippen molar-refractivity contribution >= 4 is 33.1 Å². The van der Waals surface area contributed by atoms with Crippen LogP contribution in [0.5, 0.6) is 0 Å². The van der Waals surface area contributed by atoms with Crippen LogP contribution in [0.3, 0.4) is 0 Å².